The molecule has 0 unspecified atom stereocenters. The third-order valence-electron chi connectivity index (χ3n) is 2.41. The van der Waals surface area contributed by atoms with E-state index in [0.29, 0.717) is 0 Å². The number of carbonyl (C=O) groups excluding carboxylic acids is 2. The van der Waals surface area contributed by atoms with Gasteiger partial charge in [0.2, 0.25) is 0 Å². The average molecular weight is 305 g/mol. The number of ether oxygens (including phenoxy) is 2. The van der Waals surface area contributed by atoms with E-state index in [4.69, 9.17) is 32.7 Å². The van der Waals surface area contributed by atoms with Crippen LogP contribution in [0.1, 0.15) is 20.8 Å². The molecule has 0 heterocycles. The van der Waals surface area contributed by atoms with Crippen molar-refractivity contribution in [3.8, 4) is 5.75 Å². The minimum Gasteiger partial charge on any atom is -0.465 e. The van der Waals surface area contributed by atoms with Gasteiger partial charge in [-0.05, 0) is 32.9 Å². The largest absolute Gasteiger partial charge is 0.465 e. The van der Waals surface area contributed by atoms with Crippen molar-refractivity contribution < 1.29 is 19.1 Å². The Hall–Kier alpha value is -1.26. The third kappa shape index (κ3) is 3.61. The zero-order valence-electron chi connectivity index (χ0n) is 10.8. The number of hydrogen-bond acceptors (Lipinski definition) is 4. The Kier molecular flexibility index (Phi) is 5.20. The second-order valence-corrected chi connectivity index (χ2v) is 5.07. The van der Waals surface area contributed by atoms with E-state index in [2.05, 4.69) is 0 Å². The molecule has 104 valence electrons. The Labute approximate surface area is 121 Å². The van der Waals surface area contributed by atoms with Crippen LogP contribution in [0.2, 0.25) is 10.0 Å². The maximum absolute atomic E-state index is 12.0. The monoisotopic (exact) mass is 304 g/mol. The summed E-state index contributed by atoms with van der Waals surface area (Å²) < 4.78 is 9.92. The minimum atomic E-state index is -1.42. The summed E-state index contributed by atoms with van der Waals surface area (Å²) >= 11 is 11.7. The maximum Gasteiger partial charge on any atom is 0.328 e. The molecule has 1 rings (SSSR count). The lowest BCUT2D eigenvalue weighted by Gasteiger charge is -2.20. The number of rotatable bonds is 4. The first-order valence-electron chi connectivity index (χ1n) is 5.64. The molecule has 0 N–H and O–H groups in total. The molecule has 0 spiro atoms. The molecule has 0 aliphatic rings. The Morgan fingerprint density at radius 1 is 1.21 bits per heavy atom. The van der Waals surface area contributed by atoms with Gasteiger partial charge in [-0.25, -0.2) is 0 Å². The van der Waals surface area contributed by atoms with Gasteiger partial charge < -0.3 is 9.47 Å². The van der Waals surface area contributed by atoms with Gasteiger partial charge in [0, 0.05) is 0 Å². The average Bonchev–Trinajstić information content (AvgIpc) is 2.35. The number of hydrogen-bond donors (Lipinski definition) is 0. The van der Waals surface area contributed by atoms with Crippen molar-refractivity contribution in [1.29, 1.82) is 0 Å². The van der Waals surface area contributed by atoms with Gasteiger partial charge in [0.15, 0.2) is 11.2 Å². The minimum absolute atomic E-state index is 0.108. The lowest BCUT2D eigenvalue weighted by molar-refractivity contribution is -0.164. The summed E-state index contributed by atoms with van der Waals surface area (Å²) in [7, 11) is 0. The molecule has 1 aromatic rings. The van der Waals surface area contributed by atoms with Crippen LogP contribution in [0.15, 0.2) is 18.2 Å². The molecule has 0 aliphatic carbocycles. The number of esters is 2. The van der Waals surface area contributed by atoms with E-state index in [9.17, 15) is 9.59 Å². The van der Waals surface area contributed by atoms with Crippen molar-refractivity contribution in [1.82, 2.24) is 0 Å². The van der Waals surface area contributed by atoms with Crippen LogP contribution < -0.4 is 4.74 Å². The van der Waals surface area contributed by atoms with E-state index in [1.165, 1.54) is 19.9 Å². The Morgan fingerprint density at radius 2 is 1.84 bits per heavy atom. The lowest BCUT2D eigenvalue weighted by atomic mass is 9.94. The summed E-state index contributed by atoms with van der Waals surface area (Å²) in [6, 6.07) is 4.65. The Balaban J connectivity index is 2.90. The van der Waals surface area contributed by atoms with Gasteiger partial charge in [0.25, 0.3) is 0 Å². The SMILES string of the molecule is CCOC(=O)C(C)(C)C(=O)Oc1cccc(Cl)c1Cl. The molecular weight excluding hydrogens is 291 g/mol. The normalized spacial score (nSPS) is 11.0. The van der Waals surface area contributed by atoms with Crippen LogP contribution in [0.5, 0.6) is 5.75 Å². The van der Waals surface area contributed by atoms with Crippen LogP contribution in [0.25, 0.3) is 0 Å². The van der Waals surface area contributed by atoms with Crippen LogP contribution in [-0.2, 0) is 14.3 Å². The quantitative estimate of drug-likeness (QED) is 0.485. The van der Waals surface area contributed by atoms with E-state index in [0.717, 1.165) is 0 Å². The number of carbonyl (C=O) groups is 2. The summed E-state index contributed by atoms with van der Waals surface area (Å²) in [6.07, 6.45) is 0. The van der Waals surface area contributed by atoms with Gasteiger partial charge in [-0.15, -0.1) is 0 Å². The fourth-order valence-corrected chi connectivity index (χ4v) is 1.52. The van der Waals surface area contributed by atoms with E-state index in [1.807, 2.05) is 0 Å². The van der Waals surface area contributed by atoms with Crippen molar-refractivity contribution >= 4 is 35.1 Å². The van der Waals surface area contributed by atoms with Gasteiger partial charge in [-0.1, -0.05) is 29.3 Å². The smallest absolute Gasteiger partial charge is 0.328 e. The molecule has 0 aliphatic heterocycles. The molecule has 0 atom stereocenters. The van der Waals surface area contributed by atoms with Gasteiger partial charge in [0.05, 0.1) is 11.6 Å². The van der Waals surface area contributed by atoms with E-state index in [1.54, 1.807) is 19.1 Å². The summed E-state index contributed by atoms with van der Waals surface area (Å²) in [6.45, 7) is 4.69. The molecule has 0 saturated heterocycles. The molecular formula is C13H14Cl2O4. The maximum atomic E-state index is 12.0. The third-order valence-corrected chi connectivity index (χ3v) is 3.22. The highest BCUT2D eigenvalue weighted by Gasteiger charge is 2.40. The van der Waals surface area contributed by atoms with Crippen LogP contribution >= 0.6 is 23.2 Å². The van der Waals surface area contributed by atoms with Crippen LogP contribution in [0, 0.1) is 5.41 Å². The summed E-state index contributed by atoms with van der Waals surface area (Å²) in [5.74, 6) is -1.30. The summed E-state index contributed by atoms with van der Waals surface area (Å²) in [5, 5.41) is 0.387. The summed E-state index contributed by atoms with van der Waals surface area (Å²) in [4.78, 5) is 23.7. The highest BCUT2D eigenvalue weighted by atomic mass is 35.5. The van der Waals surface area contributed by atoms with Crippen LogP contribution in [-0.4, -0.2) is 18.5 Å². The first-order valence-corrected chi connectivity index (χ1v) is 6.39. The molecule has 1 aromatic carbocycles. The van der Waals surface area contributed by atoms with Crippen molar-refractivity contribution in [2.45, 2.75) is 20.8 Å². The molecule has 0 aromatic heterocycles. The van der Waals surface area contributed by atoms with Gasteiger partial charge >= 0.3 is 11.9 Å². The molecule has 4 nitrogen and oxygen atoms in total. The molecule has 0 amide bonds. The van der Waals surface area contributed by atoms with E-state index >= 15 is 0 Å². The first-order chi connectivity index (χ1) is 8.80. The lowest BCUT2D eigenvalue weighted by Crippen LogP contribution is -2.38. The highest BCUT2D eigenvalue weighted by Crippen LogP contribution is 2.33. The number of benzene rings is 1. The van der Waals surface area contributed by atoms with Gasteiger partial charge in [-0.3, -0.25) is 9.59 Å². The fraction of sp³-hybridized carbons (Fsp3) is 0.385. The van der Waals surface area contributed by atoms with E-state index in [-0.39, 0.29) is 22.4 Å². The zero-order chi connectivity index (χ0) is 14.6. The predicted molar refractivity (Wildman–Crippen MR) is 72.5 cm³/mol. The van der Waals surface area contributed by atoms with Crippen molar-refractivity contribution in [2.24, 2.45) is 5.41 Å². The predicted octanol–water partition coefficient (Wildman–Crippen LogP) is 3.49. The second-order valence-electron chi connectivity index (χ2n) is 4.29. The molecule has 6 heteroatoms. The van der Waals surface area contributed by atoms with Crippen molar-refractivity contribution in [3.63, 3.8) is 0 Å². The van der Waals surface area contributed by atoms with Crippen LogP contribution in [0.3, 0.4) is 0 Å². The molecule has 19 heavy (non-hydrogen) atoms. The molecule has 0 fully saturated rings. The topological polar surface area (TPSA) is 52.6 Å². The highest BCUT2D eigenvalue weighted by molar-refractivity contribution is 6.43. The molecule has 0 radical (unpaired) electrons. The molecule has 0 saturated carbocycles. The number of halogens is 2. The Bertz CT molecular complexity index is 497. The van der Waals surface area contributed by atoms with Crippen molar-refractivity contribution in [2.75, 3.05) is 6.61 Å². The summed E-state index contributed by atoms with van der Waals surface area (Å²) in [5.41, 5.74) is -1.42. The van der Waals surface area contributed by atoms with Gasteiger partial charge in [-0.2, -0.15) is 0 Å². The van der Waals surface area contributed by atoms with Gasteiger partial charge in [0.1, 0.15) is 5.02 Å². The van der Waals surface area contributed by atoms with E-state index < -0.39 is 17.4 Å². The van der Waals surface area contributed by atoms with Crippen molar-refractivity contribution in [3.05, 3.63) is 28.2 Å². The fourth-order valence-electron chi connectivity index (χ4n) is 1.19. The standard InChI is InChI=1S/C13H14Cl2O4/c1-4-18-11(16)13(2,3)12(17)19-9-7-5-6-8(14)10(9)15/h5-7H,4H2,1-3H3. The van der Waals surface area contributed by atoms with Crippen LogP contribution in [0.4, 0.5) is 0 Å². The molecule has 0 bridgehead atoms. The first kappa shape index (κ1) is 15.8. The Morgan fingerprint density at radius 3 is 2.42 bits per heavy atom. The second kappa shape index (κ2) is 6.26. The zero-order valence-corrected chi connectivity index (χ0v) is 12.3.